The monoisotopic (exact) mass is 448 g/mol. The van der Waals surface area contributed by atoms with E-state index in [9.17, 15) is 8.78 Å². The van der Waals surface area contributed by atoms with Gasteiger partial charge in [0.1, 0.15) is 17.4 Å². The Morgan fingerprint density at radius 1 is 0.909 bits per heavy atom. The topological polar surface area (TPSA) is 9.23 Å². The SMILES string of the molecule is C/C=C/CCC1CCC2CC(c3ccc(C#Cc4ccc(OC)cc4F)c(F)c3)CCC2C1. The van der Waals surface area contributed by atoms with Gasteiger partial charge in [-0.15, -0.1) is 0 Å². The zero-order valence-corrected chi connectivity index (χ0v) is 19.7. The fraction of sp³-hybridized carbons (Fsp3) is 0.467. The van der Waals surface area contributed by atoms with Gasteiger partial charge in [0, 0.05) is 6.07 Å². The van der Waals surface area contributed by atoms with Crippen LogP contribution in [0.25, 0.3) is 0 Å². The van der Waals surface area contributed by atoms with E-state index in [1.165, 1.54) is 58.1 Å². The van der Waals surface area contributed by atoms with Gasteiger partial charge in [-0.25, -0.2) is 8.78 Å². The molecular formula is C30H34F2O. The van der Waals surface area contributed by atoms with Crippen molar-refractivity contribution < 1.29 is 13.5 Å². The molecule has 3 heteroatoms. The number of hydrogen-bond acceptors (Lipinski definition) is 1. The summed E-state index contributed by atoms with van der Waals surface area (Å²) < 4.78 is 34.0. The molecule has 0 saturated heterocycles. The number of rotatable bonds is 5. The van der Waals surface area contributed by atoms with E-state index in [1.807, 2.05) is 6.07 Å². The van der Waals surface area contributed by atoms with Gasteiger partial charge in [0.05, 0.1) is 18.2 Å². The molecule has 0 aromatic heterocycles. The van der Waals surface area contributed by atoms with Gasteiger partial charge in [-0.1, -0.05) is 36.5 Å². The molecule has 0 amide bonds. The Morgan fingerprint density at radius 3 is 2.30 bits per heavy atom. The van der Waals surface area contributed by atoms with Crippen molar-refractivity contribution in [1.82, 2.24) is 0 Å². The Morgan fingerprint density at radius 2 is 1.61 bits per heavy atom. The van der Waals surface area contributed by atoms with E-state index in [2.05, 4.69) is 30.9 Å². The second-order valence-corrected chi connectivity index (χ2v) is 9.69. The third kappa shape index (κ3) is 5.85. The van der Waals surface area contributed by atoms with E-state index >= 15 is 0 Å². The first-order valence-corrected chi connectivity index (χ1v) is 12.3. The van der Waals surface area contributed by atoms with Crippen molar-refractivity contribution in [1.29, 1.82) is 0 Å². The predicted octanol–water partition coefficient (Wildman–Crippen LogP) is 8.03. The largest absolute Gasteiger partial charge is 0.497 e. The highest BCUT2D eigenvalue weighted by molar-refractivity contribution is 5.46. The van der Waals surface area contributed by atoms with Gasteiger partial charge >= 0.3 is 0 Å². The van der Waals surface area contributed by atoms with Crippen LogP contribution in [0.1, 0.15) is 80.9 Å². The molecule has 2 aliphatic carbocycles. The van der Waals surface area contributed by atoms with Gasteiger partial charge in [0.25, 0.3) is 0 Å². The highest BCUT2D eigenvalue weighted by Crippen LogP contribution is 2.48. The average Bonchev–Trinajstić information content (AvgIpc) is 2.83. The molecule has 2 saturated carbocycles. The second-order valence-electron chi connectivity index (χ2n) is 9.69. The molecule has 0 bridgehead atoms. The highest BCUT2D eigenvalue weighted by atomic mass is 19.1. The molecule has 2 aliphatic rings. The summed E-state index contributed by atoms with van der Waals surface area (Å²) in [7, 11) is 1.49. The summed E-state index contributed by atoms with van der Waals surface area (Å²) in [5.74, 6) is 8.15. The normalized spacial score (nSPS) is 24.7. The highest BCUT2D eigenvalue weighted by Gasteiger charge is 2.35. The average molecular weight is 449 g/mol. The van der Waals surface area contributed by atoms with Crippen molar-refractivity contribution in [3.8, 4) is 17.6 Å². The Balaban J connectivity index is 1.38. The number of allylic oxidation sites excluding steroid dienone is 2. The van der Waals surface area contributed by atoms with Crippen LogP contribution in [0.5, 0.6) is 5.75 Å². The summed E-state index contributed by atoms with van der Waals surface area (Å²) in [5, 5.41) is 0. The zero-order chi connectivity index (χ0) is 23.2. The molecule has 4 unspecified atom stereocenters. The van der Waals surface area contributed by atoms with Crippen molar-refractivity contribution in [2.75, 3.05) is 7.11 Å². The van der Waals surface area contributed by atoms with Crippen LogP contribution in [0.3, 0.4) is 0 Å². The number of methoxy groups -OCH3 is 1. The summed E-state index contributed by atoms with van der Waals surface area (Å²) in [6.07, 6.45) is 14.6. The Bertz CT molecular complexity index is 1040. The minimum atomic E-state index is -0.466. The van der Waals surface area contributed by atoms with Crippen molar-refractivity contribution in [3.63, 3.8) is 0 Å². The van der Waals surface area contributed by atoms with Crippen LogP contribution in [0.4, 0.5) is 8.78 Å². The van der Waals surface area contributed by atoms with Crippen LogP contribution in [0, 0.1) is 41.2 Å². The summed E-state index contributed by atoms with van der Waals surface area (Å²) >= 11 is 0. The molecule has 0 heterocycles. The van der Waals surface area contributed by atoms with Gasteiger partial charge in [0.15, 0.2) is 0 Å². The fourth-order valence-electron chi connectivity index (χ4n) is 5.80. The van der Waals surface area contributed by atoms with Crippen LogP contribution in [-0.2, 0) is 0 Å². The quantitative estimate of drug-likeness (QED) is 0.332. The van der Waals surface area contributed by atoms with Gasteiger partial charge in [0.2, 0.25) is 0 Å². The van der Waals surface area contributed by atoms with Crippen LogP contribution in [-0.4, -0.2) is 7.11 Å². The van der Waals surface area contributed by atoms with Gasteiger partial charge in [-0.2, -0.15) is 0 Å². The third-order valence-corrected chi connectivity index (χ3v) is 7.67. The molecule has 174 valence electrons. The predicted molar refractivity (Wildman–Crippen MR) is 130 cm³/mol. The molecule has 4 rings (SSSR count). The molecule has 0 radical (unpaired) electrons. The van der Waals surface area contributed by atoms with Crippen LogP contribution < -0.4 is 4.74 Å². The first-order chi connectivity index (χ1) is 16.1. The van der Waals surface area contributed by atoms with E-state index in [4.69, 9.17) is 4.74 Å². The maximum Gasteiger partial charge on any atom is 0.142 e. The van der Waals surface area contributed by atoms with Crippen molar-refractivity contribution in [2.45, 2.75) is 64.2 Å². The number of ether oxygens (including phenoxy) is 1. The first kappa shape index (κ1) is 23.6. The minimum absolute atomic E-state index is 0.235. The Hall–Kier alpha value is -2.60. The fourth-order valence-corrected chi connectivity index (χ4v) is 5.80. The summed E-state index contributed by atoms with van der Waals surface area (Å²) in [6.45, 7) is 2.10. The lowest BCUT2D eigenvalue weighted by atomic mass is 9.63. The van der Waals surface area contributed by atoms with Crippen LogP contribution in [0.15, 0.2) is 48.6 Å². The first-order valence-electron chi connectivity index (χ1n) is 12.3. The minimum Gasteiger partial charge on any atom is -0.497 e. The van der Waals surface area contributed by atoms with E-state index in [0.717, 1.165) is 29.7 Å². The van der Waals surface area contributed by atoms with Crippen molar-refractivity contribution in [3.05, 3.63) is 76.9 Å². The van der Waals surface area contributed by atoms with Gasteiger partial charge in [-0.3, -0.25) is 0 Å². The van der Waals surface area contributed by atoms with Gasteiger partial charge < -0.3 is 4.74 Å². The molecule has 2 fully saturated rings. The lowest BCUT2D eigenvalue weighted by Gasteiger charge is -2.42. The third-order valence-electron chi connectivity index (χ3n) is 7.67. The lowest BCUT2D eigenvalue weighted by Crippen LogP contribution is -2.30. The summed E-state index contributed by atoms with van der Waals surface area (Å²) in [4.78, 5) is 0. The van der Waals surface area contributed by atoms with E-state index in [-0.39, 0.29) is 11.4 Å². The van der Waals surface area contributed by atoms with E-state index in [0.29, 0.717) is 17.2 Å². The number of fused-ring (bicyclic) bond motifs is 1. The number of halogens is 2. The second kappa shape index (κ2) is 11.0. The molecular weight excluding hydrogens is 414 g/mol. The number of hydrogen-bond donors (Lipinski definition) is 0. The van der Waals surface area contributed by atoms with Crippen LogP contribution in [0.2, 0.25) is 0 Å². The van der Waals surface area contributed by atoms with E-state index in [1.54, 1.807) is 24.3 Å². The van der Waals surface area contributed by atoms with Crippen molar-refractivity contribution in [2.24, 2.45) is 17.8 Å². The summed E-state index contributed by atoms with van der Waals surface area (Å²) in [5.41, 5.74) is 1.63. The standard InChI is InChI=1S/C30H34F2O/c1-3-4-5-6-21-7-8-25-18-26(14-13-24(25)17-21)27-12-11-22(29(31)19-27)9-10-23-15-16-28(33-2)20-30(23)32/h3-4,11-12,15-16,19-21,24-26H,5-8,13-14,17-18H2,1-2H3/b4-3+. The van der Waals surface area contributed by atoms with Gasteiger partial charge in [-0.05, 0) is 105 Å². The molecule has 4 atom stereocenters. The molecule has 0 N–H and O–H groups in total. The molecule has 1 nitrogen and oxygen atoms in total. The molecule has 0 aliphatic heterocycles. The maximum atomic E-state index is 14.8. The molecule has 33 heavy (non-hydrogen) atoms. The van der Waals surface area contributed by atoms with Crippen LogP contribution >= 0.6 is 0 Å². The molecule has 2 aromatic rings. The molecule has 2 aromatic carbocycles. The van der Waals surface area contributed by atoms with Crippen molar-refractivity contribution >= 4 is 0 Å². The maximum absolute atomic E-state index is 14.8. The smallest absolute Gasteiger partial charge is 0.142 e. The Kier molecular flexibility index (Phi) is 7.86. The van der Waals surface area contributed by atoms with E-state index < -0.39 is 5.82 Å². The Labute approximate surface area is 197 Å². The molecule has 0 spiro atoms. The zero-order valence-electron chi connectivity index (χ0n) is 19.7. The lowest BCUT2D eigenvalue weighted by molar-refractivity contribution is 0.115. The number of benzene rings is 2. The summed E-state index contributed by atoms with van der Waals surface area (Å²) in [6, 6.07) is 9.92.